The van der Waals surface area contributed by atoms with Gasteiger partial charge in [-0.25, -0.2) is 0 Å². The van der Waals surface area contributed by atoms with Gasteiger partial charge < -0.3 is 4.52 Å². The summed E-state index contributed by atoms with van der Waals surface area (Å²) in [5.41, 5.74) is 2.27. The van der Waals surface area contributed by atoms with E-state index in [1.54, 1.807) is 0 Å². The van der Waals surface area contributed by atoms with Gasteiger partial charge in [0.15, 0.2) is 5.82 Å². The molecule has 3 aromatic rings. The minimum absolute atomic E-state index is 0.408. The van der Waals surface area contributed by atoms with Crippen LogP contribution in [0.1, 0.15) is 50.5 Å². The Kier molecular flexibility index (Phi) is 5.34. The number of rotatable bonds is 7. The van der Waals surface area contributed by atoms with Gasteiger partial charge >= 0.3 is 0 Å². The van der Waals surface area contributed by atoms with Crippen LogP contribution in [0, 0.1) is 0 Å². The first kappa shape index (κ1) is 17.9. The molecule has 1 aromatic carbocycles. The van der Waals surface area contributed by atoms with Crippen LogP contribution in [0.25, 0.3) is 11.5 Å². The minimum Gasteiger partial charge on any atom is -0.334 e. The van der Waals surface area contributed by atoms with E-state index in [-0.39, 0.29) is 0 Å². The number of likely N-dealkylation sites (tertiary alicyclic amines) is 1. The molecule has 1 atom stereocenters. The van der Waals surface area contributed by atoms with Gasteiger partial charge in [0.05, 0.1) is 6.20 Å². The van der Waals surface area contributed by atoms with E-state index in [2.05, 4.69) is 40.2 Å². The zero-order valence-electron chi connectivity index (χ0n) is 16.1. The van der Waals surface area contributed by atoms with Gasteiger partial charge in [0, 0.05) is 42.4 Å². The van der Waals surface area contributed by atoms with Crippen molar-refractivity contribution in [3.63, 3.8) is 0 Å². The molecule has 1 unspecified atom stereocenters. The normalized spacial score (nSPS) is 17.8. The topological polar surface area (TPSA) is 60.0 Å². The van der Waals surface area contributed by atoms with Gasteiger partial charge in [-0.2, -0.15) is 10.1 Å². The highest BCUT2D eigenvalue weighted by atomic mass is 16.5. The van der Waals surface area contributed by atoms with Crippen molar-refractivity contribution in [1.82, 2.24) is 24.8 Å². The summed E-state index contributed by atoms with van der Waals surface area (Å²) in [6.45, 7) is 6.44. The first-order valence-electron chi connectivity index (χ1n) is 9.84. The molecule has 0 radical (unpaired) electrons. The van der Waals surface area contributed by atoms with Gasteiger partial charge in [-0.1, -0.05) is 23.4 Å². The zero-order valence-corrected chi connectivity index (χ0v) is 16.1. The molecule has 1 aliphatic heterocycles. The average Bonchev–Trinajstić information content (AvgIpc) is 3.42. The van der Waals surface area contributed by atoms with E-state index in [1.807, 2.05) is 41.2 Å². The van der Waals surface area contributed by atoms with E-state index < -0.39 is 0 Å². The summed E-state index contributed by atoms with van der Waals surface area (Å²) >= 11 is 0. The monoisotopic (exact) mass is 365 g/mol. The van der Waals surface area contributed by atoms with E-state index in [1.165, 1.54) is 18.4 Å². The fourth-order valence-corrected chi connectivity index (χ4v) is 3.76. The molecule has 3 heterocycles. The lowest BCUT2D eigenvalue weighted by Crippen LogP contribution is -2.29. The van der Waals surface area contributed by atoms with Crippen LogP contribution in [0.4, 0.5) is 0 Å². The number of nitrogens with zero attached hydrogens (tertiary/aromatic N) is 5. The molecule has 0 N–H and O–H groups in total. The maximum Gasteiger partial charge on any atom is 0.257 e. The molecule has 1 fully saturated rings. The molecule has 0 amide bonds. The number of hydrogen-bond donors (Lipinski definition) is 0. The van der Waals surface area contributed by atoms with Crippen molar-refractivity contribution in [2.24, 2.45) is 0 Å². The smallest absolute Gasteiger partial charge is 0.257 e. The quantitative estimate of drug-likeness (QED) is 0.630. The van der Waals surface area contributed by atoms with Crippen LogP contribution < -0.4 is 0 Å². The molecule has 0 aliphatic carbocycles. The Hall–Kier alpha value is -2.47. The maximum atomic E-state index is 5.43. The molecule has 6 nitrogen and oxygen atoms in total. The van der Waals surface area contributed by atoms with Crippen LogP contribution in [0.3, 0.4) is 0 Å². The highest BCUT2D eigenvalue weighted by Crippen LogP contribution is 2.24. The molecule has 6 heteroatoms. The molecule has 142 valence electrons. The molecule has 27 heavy (non-hydrogen) atoms. The van der Waals surface area contributed by atoms with Crippen LogP contribution in [0.5, 0.6) is 0 Å². The largest absolute Gasteiger partial charge is 0.334 e. The number of benzene rings is 1. The number of aromatic nitrogens is 4. The standard InChI is InChI=1S/C21H27N5O/c1-16(2)26-15-17(13-22-26)14-25-12-6-9-19(25)10-11-20-23-21(27-24-20)18-7-4-3-5-8-18/h3-5,7-8,13,15-16,19H,6,9-12,14H2,1-2H3. The molecule has 0 bridgehead atoms. The summed E-state index contributed by atoms with van der Waals surface area (Å²) in [5, 5.41) is 8.63. The second-order valence-electron chi connectivity index (χ2n) is 7.61. The predicted molar refractivity (Wildman–Crippen MR) is 104 cm³/mol. The van der Waals surface area contributed by atoms with E-state index in [0.29, 0.717) is 18.0 Å². The summed E-state index contributed by atoms with van der Waals surface area (Å²) in [6, 6.07) is 10.9. The second-order valence-corrected chi connectivity index (χ2v) is 7.61. The minimum atomic E-state index is 0.408. The van der Waals surface area contributed by atoms with Crippen LogP contribution in [-0.2, 0) is 13.0 Å². The lowest BCUT2D eigenvalue weighted by molar-refractivity contribution is 0.233. The van der Waals surface area contributed by atoms with Crippen LogP contribution in [0.2, 0.25) is 0 Å². The first-order valence-corrected chi connectivity index (χ1v) is 9.84. The first-order chi connectivity index (χ1) is 13.2. The van der Waals surface area contributed by atoms with Gasteiger partial charge in [0.1, 0.15) is 0 Å². The van der Waals surface area contributed by atoms with Crippen molar-refractivity contribution in [3.8, 4) is 11.5 Å². The van der Waals surface area contributed by atoms with E-state index >= 15 is 0 Å². The van der Waals surface area contributed by atoms with Crippen LogP contribution in [-0.4, -0.2) is 37.4 Å². The van der Waals surface area contributed by atoms with Crippen molar-refractivity contribution >= 4 is 0 Å². The molecular formula is C21H27N5O. The molecule has 1 aliphatic rings. The third kappa shape index (κ3) is 4.27. The van der Waals surface area contributed by atoms with Crippen molar-refractivity contribution < 1.29 is 4.52 Å². The Morgan fingerprint density at radius 3 is 2.85 bits per heavy atom. The highest BCUT2D eigenvalue weighted by molar-refractivity contribution is 5.51. The number of hydrogen-bond acceptors (Lipinski definition) is 5. The summed E-state index contributed by atoms with van der Waals surface area (Å²) in [4.78, 5) is 7.13. The SMILES string of the molecule is CC(C)n1cc(CN2CCCC2CCc2noc(-c3ccccc3)n2)cn1. The Labute approximate surface area is 160 Å². The molecular weight excluding hydrogens is 338 g/mol. The predicted octanol–water partition coefficient (Wildman–Crippen LogP) is 4.11. The number of aryl methyl sites for hydroxylation is 1. The van der Waals surface area contributed by atoms with Crippen molar-refractivity contribution in [2.75, 3.05) is 6.54 Å². The lowest BCUT2D eigenvalue weighted by atomic mass is 10.1. The molecule has 1 saturated heterocycles. The van der Waals surface area contributed by atoms with Crippen molar-refractivity contribution in [1.29, 1.82) is 0 Å². The lowest BCUT2D eigenvalue weighted by Gasteiger charge is -2.23. The summed E-state index contributed by atoms with van der Waals surface area (Å²) in [5.74, 6) is 1.41. The third-order valence-corrected chi connectivity index (χ3v) is 5.26. The van der Waals surface area contributed by atoms with Gasteiger partial charge in [-0.3, -0.25) is 9.58 Å². The zero-order chi connectivity index (χ0) is 18.6. The second kappa shape index (κ2) is 8.05. The fraction of sp³-hybridized carbons (Fsp3) is 0.476. The average molecular weight is 365 g/mol. The Bertz CT molecular complexity index is 854. The van der Waals surface area contributed by atoms with Gasteiger partial charge in [-0.05, 0) is 51.8 Å². The van der Waals surface area contributed by atoms with Crippen molar-refractivity contribution in [3.05, 3.63) is 54.1 Å². The highest BCUT2D eigenvalue weighted by Gasteiger charge is 2.25. The molecule has 0 spiro atoms. The van der Waals surface area contributed by atoms with Gasteiger partial charge in [0.25, 0.3) is 5.89 Å². The molecule has 2 aromatic heterocycles. The maximum absolute atomic E-state index is 5.43. The molecule has 0 saturated carbocycles. The Balaban J connectivity index is 1.34. The summed E-state index contributed by atoms with van der Waals surface area (Å²) in [7, 11) is 0. The van der Waals surface area contributed by atoms with E-state index in [0.717, 1.165) is 37.3 Å². The van der Waals surface area contributed by atoms with Crippen molar-refractivity contribution in [2.45, 2.75) is 58.2 Å². The van der Waals surface area contributed by atoms with E-state index in [9.17, 15) is 0 Å². The van der Waals surface area contributed by atoms with Crippen LogP contribution >= 0.6 is 0 Å². The van der Waals surface area contributed by atoms with Gasteiger partial charge in [0.2, 0.25) is 0 Å². The fourth-order valence-electron chi connectivity index (χ4n) is 3.76. The Morgan fingerprint density at radius 2 is 2.07 bits per heavy atom. The van der Waals surface area contributed by atoms with Gasteiger partial charge in [-0.15, -0.1) is 0 Å². The third-order valence-electron chi connectivity index (χ3n) is 5.26. The Morgan fingerprint density at radius 1 is 1.22 bits per heavy atom. The summed E-state index contributed by atoms with van der Waals surface area (Å²) < 4.78 is 7.46. The summed E-state index contributed by atoms with van der Waals surface area (Å²) in [6.07, 6.45) is 8.58. The van der Waals surface area contributed by atoms with Crippen LogP contribution in [0.15, 0.2) is 47.2 Å². The van der Waals surface area contributed by atoms with E-state index in [4.69, 9.17) is 4.52 Å². The molecule has 4 rings (SSSR count).